The van der Waals surface area contributed by atoms with Gasteiger partial charge in [-0.25, -0.2) is 0 Å². The molecule has 0 aromatic heterocycles. The molecule has 0 spiro atoms. The normalized spacial score (nSPS) is 10.3. The van der Waals surface area contributed by atoms with Gasteiger partial charge in [-0.05, 0) is 54.9 Å². The first-order valence-electron chi connectivity index (χ1n) is 7.96. The molecule has 0 aliphatic rings. The number of nitrogens with zero attached hydrogens (tertiary/aromatic N) is 1. The summed E-state index contributed by atoms with van der Waals surface area (Å²) < 4.78 is 16.1. The van der Waals surface area contributed by atoms with E-state index in [9.17, 15) is 5.21 Å². The van der Waals surface area contributed by atoms with Crippen molar-refractivity contribution in [3.63, 3.8) is 0 Å². The number of methoxy groups -OCH3 is 2. The van der Waals surface area contributed by atoms with E-state index >= 15 is 0 Å². The van der Waals surface area contributed by atoms with E-state index in [1.807, 2.05) is 19.1 Å². The number of hydrogen-bond acceptors (Lipinski definition) is 5. The molecule has 134 valence electrons. The van der Waals surface area contributed by atoms with Crippen molar-refractivity contribution in [1.82, 2.24) is 0 Å². The lowest BCUT2D eigenvalue weighted by molar-refractivity contribution is 0.263. The summed E-state index contributed by atoms with van der Waals surface area (Å²) in [6.07, 6.45) is 0.984. The maximum atomic E-state index is 10.3. The van der Waals surface area contributed by atoms with E-state index in [2.05, 4.69) is 19.1 Å². The molecule has 6 heteroatoms. The Bertz CT molecular complexity index is 748. The first-order valence-corrected chi connectivity index (χ1v) is 8.37. The fraction of sp³-hybridized carbons (Fsp3) is 0.316. The lowest BCUT2D eigenvalue weighted by Gasteiger charge is -2.20. The summed E-state index contributed by atoms with van der Waals surface area (Å²) in [5.41, 5.74) is 3.54. The summed E-state index contributed by atoms with van der Waals surface area (Å²) in [6.45, 7) is 4.41. The van der Waals surface area contributed by atoms with Gasteiger partial charge >= 0.3 is 0 Å². The highest BCUT2D eigenvalue weighted by Gasteiger charge is 2.16. The van der Waals surface area contributed by atoms with Crippen LogP contribution in [0.3, 0.4) is 0 Å². The van der Waals surface area contributed by atoms with Gasteiger partial charge in [0.2, 0.25) is 0 Å². The van der Waals surface area contributed by atoms with Crippen LogP contribution in [0.2, 0.25) is 0 Å². The highest BCUT2D eigenvalue weighted by molar-refractivity contribution is 7.80. The second kappa shape index (κ2) is 8.69. The van der Waals surface area contributed by atoms with Crippen molar-refractivity contribution in [2.24, 2.45) is 0 Å². The maximum absolute atomic E-state index is 10.3. The Morgan fingerprint density at radius 2 is 1.92 bits per heavy atom. The Morgan fingerprint density at radius 1 is 1.16 bits per heavy atom. The van der Waals surface area contributed by atoms with E-state index in [0.717, 1.165) is 28.4 Å². The fourth-order valence-corrected chi connectivity index (χ4v) is 2.52. The first-order chi connectivity index (χ1) is 12.0. The zero-order chi connectivity index (χ0) is 18.4. The van der Waals surface area contributed by atoms with Gasteiger partial charge in [-0.2, -0.15) is 5.06 Å². The van der Waals surface area contributed by atoms with Crippen molar-refractivity contribution in [3.8, 4) is 11.5 Å². The summed E-state index contributed by atoms with van der Waals surface area (Å²) in [5, 5.41) is 11.0. The van der Waals surface area contributed by atoms with Gasteiger partial charge in [-0.15, -0.1) is 0 Å². The summed E-state index contributed by atoms with van der Waals surface area (Å²) in [7, 11) is 2.96. The van der Waals surface area contributed by atoms with Crippen LogP contribution in [0.4, 0.5) is 5.69 Å². The summed E-state index contributed by atoms with van der Waals surface area (Å²) >= 11 is 5.00. The smallest absolute Gasteiger partial charge is 0.288 e. The Balaban J connectivity index is 2.25. The standard InChI is InChI=1S/C19H23NO4S/c1-5-14-6-9-18(13(2)10-14)24-12-15-7-8-16(22-3)11-17(15)20(21)19(25)23-4/h6-11,21H,5,12H2,1-4H3. The lowest BCUT2D eigenvalue weighted by atomic mass is 10.1. The van der Waals surface area contributed by atoms with Crippen molar-refractivity contribution in [3.05, 3.63) is 53.1 Å². The van der Waals surface area contributed by atoms with Gasteiger partial charge in [0, 0.05) is 11.6 Å². The van der Waals surface area contributed by atoms with Crippen molar-refractivity contribution < 1.29 is 19.4 Å². The molecule has 2 rings (SSSR count). The van der Waals surface area contributed by atoms with Gasteiger partial charge < -0.3 is 14.2 Å². The van der Waals surface area contributed by atoms with Gasteiger partial charge in [-0.3, -0.25) is 5.21 Å². The van der Waals surface area contributed by atoms with E-state index in [-0.39, 0.29) is 11.8 Å². The minimum atomic E-state index is -0.0574. The van der Waals surface area contributed by atoms with Crippen LogP contribution in [0.1, 0.15) is 23.6 Å². The van der Waals surface area contributed by atoms with Crippen LogP contribution in [-0.2, 0) is 17.8 Å². The van der Waals surface area contributed by atoms with Gasteiger partial charge in [-0.1, -0.05) is 19.1 Å². The van der Waals surface area contributed by atoms with Gasteiger partial charge in [0.1, 0.15) is 18.1 Å². The van der Waals surface area contributed by atoms with Gasteiger partial charge in [0.05, 0.1) is 19.9 Å². The molecule has 0 saturated carbocycles. The molecule has 5 nitrogen and oxygen atoms in total. The van der Waals surface area contributed by atoms with Crippen LogP contribution in [0.25, 0.3) is 0 Å². The predicted octanol–water partition coefficient (Wildman–Crippen LogP) is 4.27. The van der Waals surface area contributed by atoms with Crippen LogP contribution in [0.15, 0.2) is 36.4 Å². The molecule has 2 aromatic carbocycles. The number of rotatable bonds is 6. The van der Waals surface area contributed by atoms with E-state index in [4.69, 9.17) is 26.4 Å². The highest BCUT2D eigenvalue weighted by Crippen LogP contribution is 2.28. The minimum absolute atomic E-state index is 0.0574. The molecule has 0 saturated heterocycles. The molecule has 0 aliphatic carbocycles. The molecule has 0 unspecified atom stereocenters. The van der Waals surface area contributed by atoms with E-state index in [0.29, 0.717) is 11.4 Å². The second-order valence-electron chi connectivity index (χ2n) is 5.52. The van der Waals surface area contributed by atoms with E-state index < -0.39 is 0 Å². The van der Waals surface area contributed by atoms with Crippen molar-refractivity contribution in [2.75, 3.05) is 19.3 Å². The first kappa shape index (κ1) is 19.0. The van der Waals surface area contributed by atoms with Crippen LogP contribution in [-0.4, -0.2) is 24.6 Å². The van der Waals surface area contributed by atoms with Crippen LogP contribution >= 0.6 is 12.2 Å². The number of thiocarbonyl (C=S) groups is 1. The molecule has 0 bridgehead atoms. The molecule has 0 heterocycles. The van der Waals surface area contributed by atoms with Crippen LogP contribution in [0.5, 0.6) is 11.5 Å². The quantitative estimate of drug-likeness (QED) is 0.612. The number of hydrogen-bond donors (Lipinski definition) is 1. The summed E-state index contributed by atoms with van der Waals surface area (Å²) in [5.74, 6) is 1.40. The van der Waals surface area contributed by atoms with Crippen molar-refractivity contribution >= 4 is 23.1 Å². The molecule has 0 amide bonds. The monoisotopic (exact) mass is 361 g/mol. The Labute approximate surface area is 153 Å². The fourth-order valence-electron chi connectivity index (χ4n) is 2.42. The molecule has 25 heavy (non-hydrogen) atoms. The molecule has 1 N–H and O–H groups in total. The number of ether oxygens (including phenoxy) is 3. The molecule has 0 radical (unpaired) electrons. The molecular formula is C19H23NO4S. The highest BCUT2D eigenvalue weighted by atomic mass is 32.1. The SMILES string of the molecule is CCc1ccc(OCc2ccc(OC)cc2N(O)C(=S)OC)c(C)c1. The number of aryl methyl sites for hydroxylation is 2. The zero-order valence-electron chi connectivity index (χ0n) is 14.9. The maximum Gasteiger partial charge on any atom is 0.288 e. The largest absolute Gasteiger partial charge is 0.497 e. The van der Waals surface area contributed by atoms with Crippen molar-refractivity contribution in [1.29, 1.82) is 0 Å². The van der Waals surface area contributed by atoms with Gasteiger partial charge in [0.15, 0.2) is 0 Å². The van der Waals surface area contributed by atoms with Gasteiger partial charge in [0.25, 0.3) is 5.17 Å². The average molecular weight is 361 g/mol. The third-order valence-electron chi connectivity index (χ3n) is 3.90. The minimum Gasteiger partial charge on any atom is -0.497 e. The predicted molar refractivity (Wildman–Crippen MR) is 102 cm³/mol. The topological polar surface area (TPSA) is 51.2 Å². The van der Waals surface area contributed by atoms with Crippen molar-refractivity contribution in [2.45, 2.75) is 26.9 Å². The van der Waals surface area contributed by atoms with E-state index in [1.54, 1.807) is 19.2 Å². The zero-order valence-corrected chi connectivity index (χ0v) is 15.7. The molecule has 0 fully saturated rings. The molecular weight excluding hydrogens is 338 g/mol. The molecule has 2 aromatic rings. The second-order valence-corrected chi connectivity index (χ2v) is 5.87. The van der Waals surface area contributed by atoms with Crippen LogP contribution in [0, 0.1) is 6.92 Å². The third-order valence-corrected chi connectivity index (χ3v) is 4.24. The molecule has 0 aliphatic heterocycles. The Kier molecular flexibility index (Phi) is 6.61. The average Bonchev–Trinajstić information content (AvgIpc) is 2.65. The van der Waals surface area contributed by atoms with Crippen LogP contribution < -0.4 is 14.5 Å². The lowest BCUT2D eigenvalue weighted by Crippen LogP contribution is -2.27. The Hall–Kier alpha value is -2.31. The number of benzene rings is 2. The number of hydroxylamine groups is 1. The Morgan fingerprint density at radius 3 is 2.52 bits per heavy atom. The number of anilines is 1. The molecule has 0 atom stereocenters. The third kappa shape index (κ3) is 4.61. The summed E-state index contributed by atoms with van der Waals surface area (Å²) in [6, 6.07) is 11.4. The van der Waals surface area contributed by atoms with E-state index in [1.165, 1.54) is 12.7 Å². The summed E-state index contributed by atoms with van der Waals surface area (Å²) in [4.78, 5) is 0.